The van der Waals surface area contributed by atoms with Crippen molar-refractivity contribution in [3.05, 3.63) is 43.3 Å². The molecule has 5 heteroatoms. The molecule has 0 radical (unpaired) electrons. The van der Waals surface area contributed by atoms with Gasteiger partial charge in [0.15, 0.2) is 5.15 Å². The molecule has 0 aliphatic rings. The minimum absolute atomic E-state index is 0.517. The summed E-state index contributed by atoms with van der Waals surface area (Å²) in [5.74, 6) is 0. The average molecular weight is 332 g/mol. The minimum atomic E-state index is 0.517. The number of nitrogens with one attached hydrogen (secondary N) is 1. The molecule has 0 aliphatic heterocycles. The molecule has 2 aromatic rings. The number of anilines is 1. The lowest BCUT2D eigenvalue weighted by atomic mass is 10.3. The number of aromatic nitrogens is 1. The van der Waals surface area contributed by atoms with Crippen LogP contribution in [0, 0.1) is 13.8 Å². The van der Waals surface area contributed by atoms with Crippen LogP contribution < -0.4 is 5.32 Å². The molecule has 0 bridgehead atoms. The van der Waals surface area contributed by atoms with Crippen LogP contribution in [-0.4, -0.2) is 4.98 Å². The second kappa shape index (κ2) is 5.38. The molecule has 0 aromatic carbocycles. The monoisotopic (exact) mass is 330 g/mol. The van der Waals surface area contributed by atoms with Crippen LogP contribution >= 0.6 is 38.9 Å². The normalized spacial score (nSPS) is 10.6. The van der Waals surface area contributed by atoms with E-state index in [2.05, 4.69) is 39.2 Å². The summed E-state index contributed by atoms with van der Waals surface area (Å²) in [5, 5.41) is 3.82. The van der Waals surface area contributed by atoms with Gasteiger partial charge in [0.25, 0.3) is 0 Å². The lowest BCUT2D eigenvalue weighted by molar-refractivity contribution is 1.16. The molecule has 2 nitrogen and oxygen atoms in total. The highest BCUT2D eigenvalue weighted by Crippen LogP contribution is 2.27. The third kappa shape index (κ3) is 3.21. The van der Waals surface area contributed by atoms with Gasteiger partial charge >= 0.3 is 0 Å². The fraction of sp³-hybridized carbons (Fsp3) is 0.250. The fourth-order valence-corrected chi connectivity index (χ4v) is 3.18. The Morgan fingerprint density at radius 1 is 1.41 bits per heavy atom. The highest BCUT2D eigenvalue weighted by atomic mass is 79.9. The van der Waals surface area contributed by atoms with E-state index in [1.807, 2.05) is 13.0 Å². The fourth-order valence-electron chi connectivity index (χ4n) is 1.46. The molecule has 17 heavy (non-hydrogen) atoms. The second-order valence-electron chi connectivity index (χ2n) is 3.82. The third-order valence-corrected chi connectivity index (χ3v) is 4.77. The summed E-state index contributed by atoms with van der Waals surface area (Å²) in [6.45, 7) is 4.86. The van der Waals surface area contributed by atoms with Gasteiger partial charge in [-0.3, -0.25) is 0 Å². The summed E-state index contributed by atoms with van der Waals surface area (Å²) in [4.78, 5) is 6.67. The lowest BCUT2D eigenvalue weighted by Gasteiger charge is -2.07. The van der Waals surface area contributed by atoms with Gasteiger partial charge in [-0.15, -0.1) is 11.3 Å². The number of thiophene rings is 1. The zero-order valence-electron chi connectivity index (χ0n) is 9.55. The van der Waals surface area contributed by atoms with Gasteiger partial charge in [0.05, 0.1) is 5.69 Å². The predicted octanol–water partition coefficient (Wildman–Crippen LogP) is 4.79. The third-order valence-electron chi connectivity index (χ3n) is 2.34. The number of halogens is 2. The summed E-state index contributed by atoms with van der Waals surface area (Å²) in [6.07, 6.45) is 1.76. The Bertz CT molecular complexity index is 520. The number of hydrogen-bond donors (Lipinski definition) is 1. The van der Waals surface area contributed by atoms with Crippen LogP contribution in [0.1, 0.15) is 15.3 Å². The van der Waals surface area contributed by atoms with Gasteiger partial charge in [0.2, 0.25) is 0 Å². The molecule has 0 fully saturated rings. The molecule has 0 amide bonds. The van der Waals surface area contributed by atoms with Crippen LogP contribution in [0.25, 0.3) is 0 Å². The summed E-state index contributed by atoms with van der Waals surface area (Å²) >= 11 is 11.3. The van der Waals surface area contributed by atoms with E-state index in [4.69, 9.17) is 11.6 Å². The number of rotatable bonds is 3. The minimum Gasteiger partial charge on any atom is -0.378 e. The van der Waals surface area contributed by atoms with Crippen molar-refractivity contribution in [3.63, 3.8) is 0 Å². The number of pyridine rings is 1. The molecule has 2 rings (SSSR count). The maximum atomic E-state index is 6.02. The molecule has 0 atom stereocenters. The van der Waals surface area contributed by atoms with E-state index >= 15 is 0 Å². The van der Waals surface area contributed by atoms with E-state index < -0.39 is 0 Å². The summed E-state index contributed by atoms with van der Waals surface area (Å²) < 4.78 is 1.16. The largest absolute Gasteiger partial charge is 0.378 e. The Kier molecular flexibility index (Phi) is 4.07. The number of hydrogen-bond acceptors (Lipinski definition) is 3. The molecule has 90 valence electrons. The van der Waals surface area contributed by atoms with Crippen molar-refractivity contribution in [3.8, 4) is 0 Å². The van der Waals surface area contributed by atoms with E-state index in [0.717, 1.165) is 22.3 Å². The second-order valence-corrected chi connectivity index (χ2v) is 6.37. The smallest absolute Gasteiger partial charge is 0.152 e. The van der Waals surface area contributed by atoms with Crippen molar-refractivity contribution in [1.29, 1.82) is 0 Å². The van der Waals surface area contributed by atoms with Crippen molar-refractivity contribution in [2.24, 2.45) is 0 Å². The Hall–Kier alpha value is -0.580. The molecule has 0 aliphatic carbocycles. The quantitative estimate of drug-likeness (QED) is 0.818. The van der Waals surface area contributed by atoms with Gasteiger partial charge < -0.3 is 5.32 Å². The van der Waals surface area contributed by atoms with E-state index in [0.29, 0.717) is 5.15 Å². The summed E-state index contributed by atoms with van der Waals surface area (Å²) in [6, 6.07) is 4.13. The van der Waals surface area contributed by atoms with Crippen LogP contribution in [0.5, 0.6) is 0 Å². The first-order chi connectivity index (χ1) is 8.06. The van der Waals surface area contributed by atoms with Crippen molar-refractivity contribution in [1.82, 2.24) is 4.98 Å². The van der Waals surface area contributed by atoms with Crippen LogP contribution in [-0.2, 0) is 6.54 Å². The summed E-state index contributed by atoms with van der Waals surface area (Å²) in [5.41, 5.74) is 1.98. The number of aryl methyl sites for hydroxylation is 2. The molecule has 0 saturated heterocycles. The molecule has 2 aromatic heterocycles. The summed E-state index contributed by atoms with van der Waals surface area (Å²) in [7, 11) is 0. The molecule has 0 saturated carbocycles. The first kappa shape index (κ1) is 12.9. The zero-order chi connectivity index (χ0) is 12.4. The standard InChI is InChI=1S/C12H12BrClN2S/c1-7-3-11(12(14)16-5-7)15-6-9-4-10(13)8(2)17-9/h3-5,15H,6H2,1-2H3. The van der Waals surface area contributed by atoms with Gasteiger partial charge in [-0.1, -0.05) is 11.6 Å². The van der Waals surface area contributed by atoms with Crippen LogP contribution in [0.4, 0.5) is 5.69 Å². The average Bonchev–Trinajstić information content (AvgIpc) is 2.60. The first-order valence-electron chi connectivity index (χ1n) is 5.17. The van der Waals surface area contributed by atoms with E-state index in [9.17, 15) is 0 Å². The Labute approximate surface area is 118 Å². The van der Waals surface area contributed by atoms with Gasteiger partial charge in [-0.25, -0.2) is 4.98 Å². The predicted molar refractivity (Wildman–Crippen MR) is 78.1 cm³/mol. The molecular weight excluding hydrogens is 320 g/mol. The van der Waals surface area contributed by atoms with Gasteiger partial charge in [-0.05, 0) is 47.5 Å². The maximum Gasteiger partial charge on any atom is 0.152 e. The van der Waals surface area contributed by atoms with E-state index in [1.54, 1.807) is 17.5 Å². The highest BCUT2D eigenvalue weighted by Gasteiger charge is 2.05. The molecule has 2 heterocycles. The Morgan fingerprint density at radius 2 is 2.18 bits per heavy atom. The molecule has 0 spiro atoms. The Balaban J connectivity index is 2.09. The van der Waals surface area contributed by atoms with Crippen LogP contribution in [0.3, 0.4) is 0 Å². The van der Waals surface area contributed by atoms with Crippen molar-refractivity contribution in [2.45, 2.75) is 20.4 Å². The molecular formula is C12H12BrClN2S. The Morgan fingerprint density at radius 3 is 2.82 bits per heavy atom. The number of nitrogens with zero attached hydrogens (tertiary/aromatic N) is 1. The first-order valence-corrected chi connectivity index (χ1v) is 7.16. The van der Waals surface area contributed by atoms with E-state index in [-0.39, 0.29) is 0 Å². The van der Waals surface area contributed by atoms with Gasteiger partial charge in [-0.2, -0.15) is 0 Å². The zero-order valence-corrected chi connectivity index (χ0v) is 12.7. The topological polar surface area (TPSA) is 24.9 Å². The molecule has 0 unspecified atom stereocenters. The molecule has 1 N–H and O–H groups in total. The van der Waals surface area contributed by atoms with E-state index in [1.165, 1.54) is 9.75 Å². The SMILES string of the molecule is Cc1cnc(Cl)c(NCc2cc(Br)c(C)s2)c1. The van der Waals surface area contributed by atoms with Crippen molar-refractivity contribution >= 4 is 44.6 Å². The van der Waals surface area contributed by atoms with Gasteiger partial charge in [0, 0.05) is 27.0 Å². The lowest BCUT2D eigenvalue weighted by Crippen LogP contribution is -1.99. The van der Waals surface area contributed by atoms with Gasteiger partial charge in [0.1, 0.15) is 0 Å². The van der Waals surface area contributed by atoms with Crippen molar-refractivity contribution < 1.29 is 0 Å². The maximum absolute atomic E-state index is 6.02. The van der Waals surface area contributed by atoms with Crippen LogP contribution in [0.15, 0.2) is 22.8 Å². The highest BCUT2D eigenvalue weighted by molar-refractivity contribution is 9.10. The van der Waals surface area contributed by atoms with Crippen molar-refractivity contribution in [2.75, 3.05) is 5.32 Å². The van der Waals surface area contributed by atoms with Crippen LogP contribution in [0.2, 0.25) is 5.15 Å².